The molecular formula is C20H22FN3O3. The van der Waals surface area contributed by atoms with E-state index in [4.69, 9.17) is 0 Å². The molecule has 142 valence electrons. The Kier molecular flexibility index (Phi) is 5.51. The lowest BCUT2D eigenvalue weighted by molar-refractivity contribution is -0.385. The Morgan fingerprint density at radius 2 is 1.85 bits per heavy atom. The number of ketones is 1. The first-order valence-electron chi connectivity index (χ1n) is 8.90. The molecule has 2 aromatic carbocycles. The van der Waals surface area contributed by atoms with Gasteiger partial charge in [0.2, 0.25) is 0 Å². The van der Waals surface area contributed by atoms with Crippen molar-refractivity contribution in [2.75, 3.05) is 31.1 Å². The van der Waals surface area contributed by atoms with Crippen LogP contribution in [0.25, 0.3) is 0 Å². The van der Waals surface area contributed by atoms with E-state index in [-0.39, 0.29) is 28.3 Å². The van der Waals surface area contributed by atoms with Crippen LogP contribution in [0.3, 0.4) is 0 Å². The van der Waals surface area contributed by atoms with Crippen LogP contribution in [0, 0.1) is 15.9 Å². The minimum atomic E-state index is -0.387. The molecule has 0 aliphatic carbocycles. The molecule has 7 heteroatoms. The topological polar surface area (TPSA) is 66.7 Å². The first-order chi connectivity index (χ1) is 12.9. The summed E-state index contributed by atoms with van der Waals surface area (Å²) < 4.78 is 14.4. The second-order valence-electron chi connectivity index (χ2n) is 6.77. The van der Waals surface area contributed by atoms with Crippen molar-refractivity contribution >= 4 is 17.2 Å². The fourth-order valence-corrected chi connectivity index (χ4v) is 3.44. The summed E-state index contributed by atoms with van der Waals surface area (Å²) in [6.07, 6.45) is 0. The molecule has 27 heavy (non-hydrogen) atoms. The smallest absolute Gasteiger partial charge is 0.269 e. The molecule has 0 amide bonds. The van der Waals surface area contributed by atoms with E-state index in [9.17, 15) is 19.3 Å². The number of non-ortho nitro benzene ring substituents is 1. The van der Waals surface area contributed by atoms with Gasteiger partial charge < -0.3 is 4.90 Å². The average Bonchev–Trinajstić information content (AvgIpc) is 2.67. The maximum absolute atomic E-state index is 14.4. The van der Waals surface area contributed by atoms with E-state index < -0.39 is 0 Å². The predicted molar refractivity (Wildman–Crippen MR) is 102 cm³/mol. The van der Waals surface area contributed by atoms with Gasteiger partial charge in [-0.25, -0.2) is 4.39 Å². The second-order valence-corrected chi connectivity index (χ2v) is 6.77. The third kappa shape index (κ3) is 4.14. The number of nitro benzene ring substituents is 1. The summed E-state index contributed by atoms with van der Waals surface area (Å²) in [5.41, 5.74) is 1.86. The van der Waals surface area contributed by atoms with Gasteiger partial charge in [0, 0.05) is 49.9 Å². The van der Waals surface area contributed by atoms with E-state index in [0.717, 1.165) is 18.7 Å². The molecule has 0 bridgehead atoms. The minimum Gasteiger partial charge on any atom is -0.367 e. The van der Waals surface area contributed by atoms with Gasteiger partial charge in [0.15, 0.2) is 5.78 Å². The molecule has 1 fully saturated rings. The summed E-state index contributed by atoms with van der Waals surface area (Å²) in [6, 6.07) is 11.3. The number of nitrogens with zero attached hydrogens (tertiary/aromatic N) is 3. The highest BCUT2D eigenvalue weighted by atomic mass is 19.1. The highest BCUT2D eigenvalue weighted by molar-refractivity contribution is 5.94. The monoisotopic (exact) mass is 371 g/mol. The summed E-state index contributed by atoms with van der Waals surface area (Å²) in [6.45, 7) is 6.18. The van der Waals surface area contributed by atoms with Gasteiger partial charge >= 0.3 is 0 Å². The van der Waals surface area contributed by atoms with Crippen LogP contribution in [-0.2, 0) is 0 Å². The third-order valence-corrected chi connectivity index (χ3v) is 5.12. The zero-order valence-electron chi connectivity index (χ0n) is 15.4. The quantitative estimate of drug-likeness (QED) is 0.454. The Balaban J connectivity index is 1.67. The third-order valence-electron chi connectivity index (χ3n) is 5.12. The highest BCUT2D eigenvalue weighted by Crippen LogP contribution is 2.27. The van der Waals surface area contributed by atoms with E-state index >= 15 is 0 Å². The van der Waals surface area contributed by atoms with E-state index in [2.05, 4.69) is 4.90 Å². The number of hydrogen-bond acceptors (Lipinski definition) is 5. The van der Waals surface area contributed by atoms with E-state index in [0.29, 0.717) is 24.3 Å². The number of rotatable bonds is 5. The number of nitro groups is 1. The Labute approximate surface area is 157 Å². The molecular weight excluding hydrogens is 349 g/mol. The van der Waals surface area contributed by atoms with Gasteiger partial charge in [-0.15, -0.1) is 0 Å². The predicted octanol–water partition coefficient (Wildman–Crippen LogP) is 3.82. The van der Waals surface area contributed by atoms with Crippen molar-refractivity contribution in [2.24, 2.45) is 0 Å². The van der Waals surface area contributed by atoms with Crippen molar-refractivity contribution in [1.82, 2.24) is 4.90 Å². The summed E-state index contributed by atoms with van der Waals surface area (Å²) >= 11 is 0. The van der Waals surface area contributed by atoms with Crippen molar-refractivity contribution in [3.63, 3.8) is 0 Å². The van der Waals surface area contributed by atoms with Crippen LogP contribution in [0.4, 0.5) is 15.8 Å². The number of halogens is 1. The summed E-state index contributed by atoms with van der Waals surface area (Å²) in [5.74, 6) is -0.543. The normalized spacial score (nSPS) is 16.2. The molecule has 1 atom stereocenters. The molecule has 2 aromatic rings. The van der Waals surface area contributed by atoms with Crippen molar-refractivity contribution < 1.29 is 14.1 Å². The maximum atomic E-state index is 14.4. The first kappa shape index (κ1) is 19.0. The van der Waals surface area contributed by atoms with E-state index in [1.165, 1.54) is 19.1 Å². The van der Waals surface area contributed by atoms with Crippen LogP contribution < -0.4 is 4.90 Å². The second kappa shape index (κ2) is 7.84. The Morgan fingerprint density at radius 1 is 1.15 bits per heavy atom. The van der Waals surface area contributed by atoms with Crippen molar-refractivity contribution in [3.8, 4) is 0 Å². The van der Waals surface area contributed by atoms with Gasteiger partial charge in [-0.3, -0.25) is 19.8 Å². The number of carbonyl (C=O) groups is 1. The molecule has 0 saturated carbocycles. The number of anilines is 1. The van der Waals surface area contributed by atoms with E-state index in [1.54, 1.807) is 24.3 Å². The van der Waals surface area contributed by atoms with Crippen LogP contribution in [0.15, 0.2) is 42.5 Å². The fraction of sp³-hybridized carbons (Fsp3) is 0.350. The minimum absolute atomic E-state index is 0.0389. The molecule has 1 heterocycles. The molecule has 1 aliphatic rings. The average molecular weight is 371 g/mol. The zero-order chi connectivity index (χ0) is 19.6. The summed E-state index contributed by atoms with van der Waals surface area (Å²) in [5, 5.41) is 11.0. The van der Waals surface area contributed by atoms with Crippen molar-refractivity contribution in [1.29, 1.82) is 0 Å². The van der Waals surface area contributed by atoms with Crippen LogP contribution in [-0.4, -0.2) is 41.8 Å². The van der Waals surface area contributed by atoms with Gasteiger partial charge in [0.05, 0.1) is 10.6 Å². The van der Waals surface area contributed by atoms with Gasteiger partial charge in [0.25, 0.3) is 5.69 Å². The largest absolute Gasteiger partial charge is 0.367 e. The Hall–Kier alpha value is -2.80. The van der Waals surface area contributed by atoms with Crippen molar-refractivity contribution in [3.05, 3.63) is 69.5 Å². The fourth-order valence-electron chi connectivity index (χ4n) is 3.44. The molecule has 1 saturated heterocycles. The van der Waals surface area contributed by atoms with Gasteiger partial charge in [-0.05, 0) is 37.6 Å². The lowest BCUT2D eigenvalue weighted by Crippen LogP contribution is -2.47. The first-order valence-corrected chi connectivity index (χ1v) is 8.90. The van der Waals surface area contributed by atoms with Crippen LogP contribution >= 0.6 is 0 Å². The maximum Gasteiger partial charge on any atom is 0.269 e. The molecule has 0 radical (unpaired) electrons. The molecule has 0 spiro atoms. The van der Waals surface area contributed by atoms with Crippen LogP contribution in [0.5, 0.6) is 0 Å². The summed E-state index contributed by atoms with van der Waals surface area (Å²) in [4.78, 5) is 26.2. The van der Waals surface area contributed by atoms with Crippen molar-refractivity contribution in [2.45, 2.75) is 19.9 Å². The SMILES string of the molecule is CC(=O)c1ccc(N2CCN([C@H](C)c3cccc([N+](=O)[O-])c3)CC2)c(F)c1. The molecule has 0 aromatic heterocycles. The Bertz CT molecular complexity index is 863. The Morgan fingerprint density at radius 3 is 2.44 bits per heavy atom. The molecule has 0 N–H and O–H groups in total. The number of benzene rings is 2. The highest BCUT2D eigenvalue weighted by Gasteiger charge is 2.24. The number of Topliss-reactive ketones (excluding diaryl/α,β-unsaturated/α-hetero) is 1. The molecule has 1 aliphatic heterocycles. The standard InChI is InChI=1S/C20H22FN3O3/c1-14(16-4-3-5-18(12-16)24(26)27)22-8-10-23(11-9-22)20-7-6-17(15(2)25)13-19(20)21/h3-7,12-14H,8-11H2,1-2H3/t14-/m1/s1. The zero-order valence-corrected chi connectivity index (χ0v) is 15.4. The van der Waals surface area contributed by atoms with Gasteiger partial charge in [-0.1, -0.05) is 12.1 Å². The van der Waals surface area contributed by atoms with Gasteiger partial charge in [0.1, 0.15) is 5.82 Å². The molecule has 6 nitrogen and oxygen atoms in total. The number of carbonyl (C=O) groups excluding carboxylic acids is 1. The van der Waals surface area contributed by atoms with Crippen LogP contribution in [0.1, 0.15) is 35.8 Å². The number of hydrogen-bond donors (Lipinski definition) is 0. The number of piperazine rings is 1. The summed E-state index contributed by atoms with van der Waals surface area (Å²) in [7, 11) is 0. The van der Waals surface area contributed by atoms with E-state index in [1.807, 2.05) is 17.9 Å². The van der Waals surface area contributed by atoms with Crippen LogP contribution in [0.2, 0.25) is 0 Å². The van der Waals surface area contributed by atoms with Gasteiger partial charge in [-0.2, -0.15) is 0 Å². The molecule has 0 unspecified atom stereocenters. The lowest BCUT2D eigenvalue weighted by Gasteiger charge is -2.39. The lowest BCUT2D eigenvalue weighted by atomic mass is 10.0. The molecule has 3 rings (SSSR count).